The van der Waals surface area contributed by atoms with Gasteiger partial charge in [0.15, 0.2) is 0 Å². The first-order valence-electron chi connectivity index (χ1n) is 6.30. The van der Waals surface area contributed by atoms with Crippen molar-refractivity contribution in [1.82, 2.24) is 19.7 Å². The Morgan fingerprint density at radius 1 is 1.59 bits per heavy atom. The molecule has 2 heterocycles. The van der Waals surface area contributed by atoms with Crippen LogP contribution in [-0.2, 0) is 17.9 Å². The van der Waals surface area contributed by atoms with Crippen molar-refractivity contribution < 1.29 is 4.79 Å². The topological polar surface area (TPSA) is 51.0 Å². The number of rotatable bonds is 4. The minimum Gasteiger partial charge on any atom is -0.300 e. The Morgan fingerprint density at radius 3 is 3.12 bits per heavy atom. The molecule has 0 saturated carbocycles. The van der Waals surface area contributed by atoms with E-state index in [0.717, 1.165) is 44.8 Å². The molecule has 17 heavy (non-hydrogen) atoms. The molecule has 0 aliphatic carbocycles. The summed E-state index contributed by atoms with van der Waals surface area (Å²) in [6.45, 7) is 7.33. The highest BCUT2D eigenvalue weighted by Crippen LogP contribution is 2.18. The van der Waals surface area contributed by atoms with E-state index in [1.807, 2.05) is 4.68 Å². The second-order valence-corrected chi connectivity index (χ2v) is 4.68. The van der Waals surface area contributed by atoms with Crippen LogP contribution >= 0.6 is 0 Å². The summed E-state index contributed by atoms with van der Waals surface area (Å²) >= 11 is 0. The van der Waals surface area contributed by atoms with Gasteiger partial charge in [-0.25, -0.2) is 9.67 Å². The van der Waals surface area contributed by atoms with Gasteiger partial charge in [-0.05, 0) is 33.2 Å². The third-order valence-corrected chi connectivity index (χ3v) is 3.44. The van der Waals surface area contributed by atoms with E-state index in [-0.39, 0.29) is 5.92 Å². The molecule has 1 aromatic heterocycles. The summed E-state index contributed by atoms with van der Waals surface area (Å²) in [4.78, 5) is 18.0. The fraction of sp³-hybridized carbons (Fsp3) is 0.750. The van der Waals surface area contributed by atoms with E-state index < -0.39 is 0 Å². The predicted octanol–water partition coefficient (Wildman–Crippen LogP) is 1.10. The second kappa shape index (κ2) is 5.40. The monoisotopic (exact) mass is 236 g/mol. The molecular formula is C12H20N4O. The number of aromatic nitrogens is 3. The zero-order chi connectivity index (χ0) is 12.3. The summed E-state index contributed by atoms with van der Waals surface area (Å²) in [5, 5.41) is 4.17. The van der Waals surface area contributed by atoms with E-state index >= 15 is 0 Å². The first-order chi connectivity index (χ1) is 8.20. The van der Waals surface area contributed by atoms with Crippen LogP contribution in [0.2, 0.25) is 0 Å². The summed E-state index contributed by atoms with van der Waals surface area (Å²) in [5.41, 5.74) is 0. The van der Waals surface area contributed by atoms with Crippen molar-refractivity contribution in [1.29, 1.82) is 0 Å². The van der Waals surface area contributed by atoms with E-state index in [4.69, 9.17) is 0 Å². The van der Waals surface area contributed by atoms with Gasteiger partial charge in [0, 0.05) is 19.0 Å². The van der Waals surface area contributed by atoms with E-state index in [1.165, 1.54) is 0 Å². The van der Waals surface area contributed by atoms with Gasteiger partial charge < -0.3 is 0 Å². The summed E-state index contributed by atoms with van der Waals surface area (Å²) in [7, 11) is 0. The SMILES string of the molecule is CCn1ncnc1CN1CCCC(C(C)=O)C1. The lowest BCUT2D eigenvalue weighted by Gasteiger charge is -2.30. The van der Waals surface area contributed by atoms with Gasteiger partial charge in [-0.3, -0.25) is 9.69 Å². The van der Waals surface area contributed by atoms with Crippen molar-refractivity contribution in [2.45, 2.75) is 39.8 Å². The molecule has 0 amide bonds. The molecule has 1 saturated heterocycles. The summed E-state index contributed by atoms with van der Waals surface area (Å²) in [6, 6.07) is 0. The molecule has 1 aliphatic heterocycles. The quantitative estimate of drug-likeness (QED) is 0.785. The molecule has 0 radical (unpaired) electrons. The normalized spacial score (nSPS) is 21.6. The van der Waals surface area contributed by atoms with E-state index in [9.17, 15) is 4.79 Å². The number of Topliss-reactive ketones (excluding diaryl/α,β-unsaturated/α-hetero) is 1. The highest BCUT2D eigenvalue weighted by molar-refractivity contribution is 5.78. The zero-order valence-electron chi connectivity index (χ0n) is 10.6. The Hall–Kier alpha value is -1.23. The minimum absolute atomic E-state index is 0.210. The third-order valence-electron chi connectivity index (χ3n) is 3.44. The molecule has 2 rings (SSSR count). The molecule has 5 nitrogen and oxygen atoms in total. The lowest BCUT2D eigenvalue weighted by molar-refractivity contribution is -0.122. The van der Waals surface area contributed by atoms with Crippen LogP contribution in [-0.4, -0.2) is 38.5 Å². The summed E-state index contributed by atoms with van der Waals surface area (Å²) < 4.78 is 1.91. The molecule has 1 fully saturated rings. The highest BCUT2D eigenvalue weighted by Gasteiger charge is 2.23. The van der Waals surface area contributed by atoms with Gasteiger partial charge in [0.05, 0.1) is 6.54 Å². The summed E-state index contributed by atoms with van der Waals surface area (Å²) in [6.07, 6.45) is 3.74. The molecule has 1 aliphatic rings. The van der Waals surface area contributed by atoms with E-state index in [2.05, 4.69) is 21.9 Å². The smallest absolute Gasteiger partial charge is 0.140 e. The summed E-state index contributed by atoms with van der Waals surface area (Å²) in [5.74, 6) is 1.52. The van der Waals surface area contributed by atoms with Crippen molar-refractivity contribution in [3.8, 4) is 0 Å². The van der Waals surface area contributed by atoms with Crippen LogP contribution in [0.4, 0.5) is 0 Å². The number of carbonyl (C=O) groups is 1. The highest BCUT2D eigenvalue weighted by atomic mass is 16.1. The van der Waals surface area contributed by atoms with Crippen LogP contribution in [0.5, 0.6) is 0 Å². The number of nitrogens with zero attached hydrogens (tertiary/aromatic N) is 4. The maximum absolute atomic E-state index is 11.4. The van der Waals surface area contributed by atoms with Gasteiger partial charge in [0.2, 0.25) is 0 Å². The van der Waals surface area contributed by atoms with Gasteiger partial charge in [-0.1, -0.05) is 0 Å². The predicted molar refractivity (Wildman–Crippen MR) is 64.4 cm³/mol. The molecule has 1 atom stereocenters. The number of piperidine rings is 1. The Morgan fingerprint density at radius 2 is 2.41 bits per heavy atom. The molecule has 0 N–H and O–H groups in total. The van der Waals surface area contributed by atoms with Crippen LogP contribution in [0.1, 0.15) is 32.5 Å². The molecular weight excluding hydrogens is 216 g/mol. The third kappa shape index (κ3) is 2.91. The van der Waals surface area contributed by atoms with Gasteiger partial charge in [-0.2, -0.15) is 5.10 Å². The Bertz CT molecular complexity index is 388. The molecule has 94 valence electrons. The van der Waals surface area contributed by atoms with Crippen LogP contribution in [0.15, 0.2) is 6.33 Å². The molecule has 0 aromatic carbocycles. The lowest BCUT2D eigenvalue weighted by Crippen LogP contribution is -2.38. The largest absolute Gasteiger partial charge is 0.300 e. The molecule has 5 heteroatoms. The second-order valence-electron chi connectivity index (χ2n) is 4.68. The number of ketones is 1. The molecule has 1 unspecified atom stereocenters. The van der Waals surface area contributed by atoms with E-state index in [1.54, 1.807) is 13.3 Å². The van der Waals surface area contributed by atoms with Crippen molar-refractivity contribution in [3.63, 3.8) is 0 Å². The van der Waals surface area contributed by atoms with Gasteiger partial charge >= 0.3 is 0 Å². The number of carbonyl (C=O) groups excluding carboxylic acids is 1. The van der Waals surface area contributed by atoms with E-state index in [0.29, 0.717) is 5.78 Å². The molecule has 0 spiro atoms. The average molecular weight is 236 g/mol. The average Bonchev–Trinajstić information content (AvgIpc) is 2.76. The van der Waals surface area contributed by atoms with Crippen LogP contribution in [0, 0.1) is 5.92 Å². The fourth-order valence-electron chi connectivity index (χ4n) is 2.41. The fourth-order valence-corrected chi connectivity index (χ4v) is 2.41. The van der Waals surface area contributed by atoms with Crippen LogP contribution < -0.4 is 0 Å². The first kappa shape index (κ1) is 12.2. The minimum atomic E-state index is 0.210. The Labute approximate surface area is 102 Å². The van der Waals surface area contributed by atoms with Gasteiger partial charge in [0.25, 0.3) is 0 Å². The van der Waals surface area contributed by atoms with Crippen LogP contribution in [0.3, 0.4) is 0 Å². The number of hydrogen-bond donors (Lipinski definition) is 0. The molecule has 0 bridgehead atoms. The van der Waals surface area contributed by atoms with Crippen molar-refractivity contribution >= 4 is 5.78 Å². The number of aryl methyl sites for hydroxylation is 1. The zero-order valence-corrected chi connectivity index (χ0v) is 10.6. The number of likely N-dealkylation sites (tertiary alicyclic amines) is 1. The first-order valence-corrected chi connectivity index (χ1v) is 6.30. The standard InChI is InChI=1S/C12H20N4O/c1-3-16-12(13-9-14-16)8-15-6-4-5-11(7-15)10(2)17/h9,11H,3-8H2,1-2H3. The number of hydrogen-bond acceptors (Lipinski definition) is 4. The van der Waals surface area contributed by atoms with Crippen LogP contribution in [0.25, 0.3) is 0 Å². The maximum Gasteiger partial charge on any atom is 0.140 e. The van der Waals surface area contributed by atoms with Crippen molar-refractivity contribution in [2.24, 2.45) is 5.92 Å². The lowest BCUT2D eigenvalue weighted by atomic mass is 9.95. The van der Waals surface area contributed by atoms with Gasteiger partial charge in [0.1, 0.15) is 17.9 Å². The van der Waals surface area contributed by atoms with Gasteiger partial charge in [-0.15, -0.1) is 0 Å². The Balaban J connectivity index is 1.97. The Kier molecular flexibility index (Phi) is 3.89. The molecule has 1 aromatic rings. The van der Waals surface area contributed by atoms with Crippen molar-refractivity contribution in [3.05, 3.63) is 12.2 Å². The maximum atomic E-state index is 11.4. The van der Waals surface area contributed by atoms with Crippen molar-refractivity contribution in [2.75, 3.05) is 13.1 Å².